The van der Waals surface area contributed by atoms with Gasteiger partial charge in [-0.15, -0.1) is 0 Å². The van der Waals surface area contributed by atoms with E-state index < -0.39 is 9.84 Å². The van der Waals surface area contributed by atoms with Gasteiger partial charge in [-0.3, -0.25) is 4.98 Å². The fraction of sp³-hybridized carbons (Fsp3) is 0.143. The van der Waals surface area contributed by atoms with Crippen LogP contribution < -0.4 is 0 Å². The summed E-state index contributed by atoms with van der Waals surface area (Å²) in [4.78, 5) is 12.1. The number of fused-ring (bicyclic) bond motifs is 1. The summed E-state index contributed by atoms with van der Waals surface area (Å²) in [6, 6.07) is 8.86. The van der Waals surface area contributed by atoms with E-state index in [9.17, 15) is 8.42 Å². The summed E-state index contributed by atoms with van der Waals surface area (Å²) < 4.78 is 23.6. The molecule has 0 aliphatic heterocycles. The molecule has 0 aliphatic carbocycles. The van der Waals surface area contributed by atoms with E-state index in [1.807, 2.05) is 19.1 Å². The normalized spacial score (nSPS) is 11.9. The number of imidazole rings is 1. The van der Waals surface area contributed by atoms with Gasteiger partial charge >= 0.3 is 0 Å². The standard InChI is InChI=1S/C14H13N3O2S/c1-9-5-4-8-15-12(9)14-16-10-6-3-7-11(13(10)17-14)20(2,18)19/h3-8H,1-2H3,(H,16,17). The minimum Gasteiger partial charge on any atom is -0.337 e. The Bertz CT molecular complexity index is 898. The van der Waals surface area contributed by atoms with Crippen LogP contribution in [-0.2, 0) is 9.84 Å². The number of hydrogen-bond donors (Lipinski definition) is 1. The molecule has 0 saturated carbocycles. The zero-order chi connectivity index (χ0) is 14.3. The Labute approximate surface area is 116 Å². The first-order valence-corrected chi connectivity index (χ1v) is 7.97. The molecule has 0 unspecified atom stereocenters. The average molecular weight is 287 g/mol. The van der Waals surface area contributed by atoms with Gasteiger partial charge in [-0.2, -0.15) is 0 Å². The van der Waals surface area contributed by atoms with E-state index in [2.05, 4.69) is 15.0 Å². The number of pyridine rings is 1. The Hall–Kier alpha value is -2.21. The fourth-order valence-electron chi connectivity index (χ4n) is 2.15. The molecule has 0 spiro atoms. The summed E-state index contributed by atoms with van der Waals surface area (Å²) in [5.74, 6) is 0.578. The number of H-pyrrole nitrogens is 1. The number of sulfone groups is 1. The molecule has 1 aromatic carbocycles. The summed E-state index contributed by atoms with van der Waals surface area (Å²) in [5.41, 5.74) is 2.85. The molecule has 3 rings (SSSR count). The second-order valence-corrected chi connectivity index (χ2v) is 6.66. The predicted molar refractivity (Wildman–Crippen MR) is 77.2 cm³/mol. The lowest BCUT2D eigenvalue weighted by molar-refractivity contribution is 0.602. The highest BCUT2D eigenvalue weighted by molar-refractivity contribution is 7.91. The summed E-state index contributed by atoms with van der Waals surface area (Å²) >= 11 is 0. The van der Waals surface area contributed by atoms with Crippen LogP contribution >= 0.6 is 0 Å². The predicted octanol–water partition coefficient (Wildman–Crippen LogP) is 2.34. The quantitative estimate of drug-likeness (QED) is 0.785. The van der Waals surface area contributed by atoms with Gasteiger partial charge in [0.15, 0.2) is 15.7 Å². The van der Waals surface area contributed by atoms with Crippen LogP contribution in [0, 0.1) is 6.92 Å². The number of nitrogens with one attached hydrogen (secondary N) is 1. The second-order valence-electron chi connectivity index (χ2n) is 4.68. The first kappa shape index (κ1) is 12.8. The van der Waals surface area contributed by atoms with Crippen molar-refractivity contribution in [2.24, 2.45) is 0 Å². The first-order chi connectivity index (χ1) is 9.47. The maximum Gasteiger partial charge on any atom is 0.177 e. The molecule has 20 heavy (non-hydrogen) atoms. The molecule has 3 aromatic rings. The van der Waals surface area contributed by atoms with E-state index in [0.29, 0.717) is 16.9 Å². The van der Waals surface area contributed by atoms with Gasteiger partial charge in [0.2, 0.25) is 0 Å². The van der Waals surface area contributed by atoms with Crippen LogP contribution in [0.3, 0.4) is 0 Å². The van der Waals surface area contributed by atoms with Crippen LogP contribution in [0.2, 0.25) is 0 Å². The third-order valence-corrected chi connectivity index (χ3v) is 4.24. The summed E-state index contributed by atoms with van der Waals surface area (Å²) in [6.45, 7) is 1.94. The van der Waals surface area contributed by atoms with Crippen molar-refractivity contribution in [3.8, 4) is 11.5 Å². The van der Waals surface area contributed by atoms with Crippen LogP contribution in [0.5, 0.6) is 0 Å². The Morgan fingerprint density at radius 1 is 1.15 bits per heavy atom. The van der Waals surface area contributed by atoms with Crippen molar-refractivity contribution in [1.29, 1.82) is 0 Å². The monoisotopic (exact) mass is 287 g/mol. The van der Waals surface area contributed by atoms with Gasteiger partial charge < -0.3 is 4.98 Å². The van der Waals surface area contributed by atoms with Crippen molar-refractivity contribution >= 4 is 20.9 Å². The molecule has 0 bridgehead atoms. The van der Waals surface area contributed by atoms with Gasteiger partial charge in [-0.25, -0.2) is 13.4 Å². The molecule has 0 aliphatic rings. The van der Waals surface area contributed by atoms with Gasteiger partial charge in [0.05, 0.1) is 10.4 Å². The number of benzene rings is 1. The summed E-state index contributed by atoms with van der Waals surface area (Å²) in [7, 11) is -3.31. The largest absolute Gasteiger partial charge is 0.337 e. The lowest BCUT2D eigenvalue weighted by Gasteiger charge is -1.99. The van der Waals surface area contributed by atoms with Crippen molar-refractivity contribution in [2.45, 2.75) is 11.8 Å². The number of hydrogen-bond acceptors (Lipinski definition) is 4. The van der Waals surface area contributed by atoms with E-state index in [4.69, 9.17) is 0 Å². The molecule has 0 fully saturated rings. The van der Waals surface area contributed by atoms with E-state index in [1.54, 1.807) is 24.4 Å². The molecular weight excluding hydrogens is 274 g/mol. The minimum atomic E-state index is -3.31. The Morgan fingerprint density at radius 2 is 1.95 bits per heavy atom. The van der Waals surface area contributed by atoms with Crippen molar-refractivity contribution in [3.05, 3.63) is 42.1 Å². The maximum atomic E-state index is 11.8. The molecule has 0 saturated heterocycles. The third-order valence-electron chi connectivity index (χ3n) is 3.11. The van der Waals surface area contributed by atoms with Crippen LogP contribution in [0.15, 0.2) is 41.4 Å². The molecule has 2 aromatic heterocycles. The van der Waals surface area contributed by atoms with Gasteiger partial charge in [-0.05, 0) is 30.7 Å². The maximum absolute atomic E-state index is 11.8. The molecule has 2 heterocycles. The van der Waals surface area contributed by atoms with Crippen molar-refractivity contribution in [3.63, 3.8) is 0 Å². The lowest BCUT2D eigenvalue weighted by Crippen LogP contribution is -1.97. The van der Waals surface area contributed by atoms with Crippen LogP contribution in [0.1, 0.15) is 5.56 Å². The Kier molecular flexibility index (Phi) is 2.83. The smallest absolute Gasteiger partial charge is 0.177 e. The minimum absolute atomic E-state index is 0.228. The lowest BCUT2D eigenvalue weighted by atomic mass is 10.2. The van der Waals surface area contributed by atoms with Crippen molar-refractivity contribution in [2.75, 3.05) is 6.26 Å². The zero-order valence-electron chi connectivity index (χ0n) is 11.1. The number of para-hydroxylation sites is 1. The fourth-order valence-corrected chi connectivity index (χ4v) is 2.98. The Balaban J connectivity index is 2.30. The van der Waals surface area contributed by atoms with Crippen molar-refractivity contribution < 1.29 is 8.42 Å². The highest BCUT2D eigenvalue weighted by Crippen LogP contribution is 2.25. The van der Waals surface area contributed by atoms with E-state index in [0.717, 1.165) is 11.3 Å². The zero-order valence-corrected chi connectivity index (χ0v) is 11.9. The van der Waals surface area contributed by atoms with Crippen LogP contribution in [0.25, 0.3) is 22.6 Å². The topological polar surface area (TPSA) is 75.7 Å². The third kappa shape index (κ3) is 2.08. The molecule has 0 radical (unpaired) electrons. The van der Waals surface area contributed by atoms with E-state index in [-0.39, 0.29) is 4.90 Å². The molecule has 5 nitrogen and oxygen atoms in total. The molecule has 102 valence electrons. The van der Waals surface area contributed by atoms with Crippen LogP contribution in [-0.4, -0.2) is 29.6 Å². The Morgan fingerprint density at radius 3 is 2.65 bits per heavy atom. The molecular formula is C14H13N3O2S. The number of aromatic nitrogens is 3. The van der Waals surface area contributed by atoms with Gasteiger partial charge in [0.1, 0.15) is 11.2 Å². The second kappa shape index (κ2) is 4.42. The number of aryl methyl sites for hydroxylation is 1. The van der Waals surface area contributed by atoms with Gasteiger partial charge in [0.25, 0.3) is 0 Å². The van der Waals surface area contributed by atoms with Gasteiger partial charge in [0, 0.05) is 12.5 Å². The molecule has 6 heteroatoms. The average Bonchev–Trinajstić information content (AvgIpc) is 2.81. The van der Waals surface area contributed by atoms with Crippen molar-refractivity contribution in [1.82, 2.24) is 15.0 Å². The highest BCUT2D eigenvalue weighted by Gasteiger charge is 2.16. The summed E-state index contributed by atoms with van der Waals surface area (Å²) in [6.07, 6.45) is 2.87. The number of aromatic amines is 1. The molecule has 0 amide bonds. The van der Waals surface area contributed by atoms with E-state index in [1.165, 1.54) is 6.26 Å². The SMILES string of the molecule is Cc1cccnc1-c1nc2c(S(C)(=O)=O)cccc2[nH]1. The molecule has 0 atom stereocenters. The molecule has 1 N–H and O–H groups in total. The van der Waals surface area contributed by atoms with Gasteiger partial charge in [-0.1, -0.05) is 12.1 Å². The highest BCUT2D eigenvalue weighted by atomic mass is 32.2. The first-order valence-electron chi connectivity index (χ1n) is 6.07. The van der Waals surface area contributed by atoms with Crippen LogP contribution in [0.4, 0.5) is 0 Å². The van der Waals surface area contributed by atoms with E-state index >= 15 is 0 Å². The number of rotatable bonds is 2. The number of nitrogens with zero attached hydrogens (tertiary/aromatic N) is 2. The summed E-state index contributed by atoms with van der Waals surface area (Å²) in [5, 5.41) is 0.